The summed E-state index contributed by atoms with van der Waals surface area (Å²) in [4.78, 5) is 11.4. The topological polar surface area (TPSA) is 75.6 Å². The monoisotopic (exact) mass is 192 g/mol. The summed E-state index contributed by atoms with van der Waals surface area (Å²) in [7, 11) is -3.46. The molecule has 0 radical (unpaired) electrons. The van der Waals surface area contributed by atoms with E-state index >= 15 is 0 Å². The number of hydrogen-bond donors (Lipinski definition) is 1. The van der Waals surface area contributed by atoms with Crippen LogP contribution in [0.2, 0.25) is 0 Å². The first-order valence-corrected chi connectivity index (χ1v) is 5.54. The molecule has 0 amide bonds. The highest BCUT2D eigenvalue weighted by Gasteiger charge is 2.26. The Balaban J connectivity index is 2.60. The van der Waals surface area contributed by atoms with Crippen molar-refractivity contribution in [1.29, 1.82) is 0 Å². The van der Waals surface area contributed by atoms with Gasteiger partial charge in [0.15, 0.2) is 0 Å². The lowest BCUT2D eigenvalue weighted by Gasteiger charge is -2.19. The summed E-state index contributed by atoms with van der Waals surface area (Å²) in [5, 5.41) is 1.78. The van der Waals surface area contributed by atoms with E-state index in [4.69, 9.17) is 0 Å². The second-order valence-electron chi connectivity index (χ2n) is 2.99. The van der Waals surface area contributed by atoms with E-state index < -0.39 is 15.3 Å². The Labute approximate surface area is 71.5 Å². The van der Waals surface area contributed by atoms with Gasteiger partial charge in [-0.05, 0) is 12.8 Å². The van der Waals surface area contributed by atoms with Crippen LogP contribution >= 0.6 is 0 Å². The molecule has 0 aromatic rings. The standard InChI is InChI=1S/C6H12N2O3S/c9-7-8-12(10,11)6-4-2-1-3-5-6/h6H,1-5H2,(H,8,9). The van der Waals surface area contributed by atoms with Crippen LogP contribution in [0.3, 0.4) is 0 Å². The van der Waals surface area contributed by atoms with Gasteiger partial charge in [-0.1, -0.05) is 19.3 Å². The zero-order valence-electron chi connectivity index (χ0n) is 6.69. The molecule has 12 heavy (non-hydrogen) atoms. The summed E-state index contributed by atoms with van der Waals surface area (Å²) in [5.74, 6) is 0. The van der Waals surface area contributed by atoms with E-state index in [1.54, 1.807) is 4.83 Å². The molecule has 1 fully saturated rings. The number of nitrogens with one attached hydrogen (secondary N) is 1. The highest BCUT2D eigenvalue weighted by Crippen LogP contribution is 2.22. The lowest BCUT2D eigenvalue weighted by Crippen LogP contribution is -2.32. The summed E-state index contributed by atoms with van der Waals surface area (Å²) >= 11 is 0. The van der Waals surface area contributed by atoms with E-state index in [1.165, 1.54) is 0 Å². The molecule has 6 heteroatoms. The molecular formula is C6H12N2O3S. The number of hydrogen-bond acceptors (Lipinski definition) is 4. The molecule has 0 aliphatic heterocycles. The summed E-state index contributed by atoms with van der Waals surface area (Å²) in [6.07, 6.45) is 4.21. The van der Waals surface area contributed by atoms with E-state index in [0.29, 0.717) is 12.8 Å². The largest absolute Gasteiger partial charge is 0.252 e. The molecule has 0 aromatic carbocycles. The Hall–Kier alpha value is -0.650. The molecule has 5 nitrogen and oxygen atoms in total. The maximum absolute atomic E-state index is 11.2. The first-order valence-electron chi connectivity index (χ1n) is 4.00. The van der Waals surface area contributed by atoms with Gasteiger partial charge in [-0.3, -0.25) is 0 Å². The van der Waals surface area contributed by atoms with Crippen LogP contribution in [0.1, 0.15) is 32.1 Å². The number of rotatable bonds is 3. The van der Waals surface area contributed by atoms with Crippen molar-refractivity contribution in [3.05, 3.63) is 4.91 Å². The summed E-state index contributed by atoms with van der Waals surface area (Å²) in [6.45, 7) is 0. The van der Waals surface area contributed by atoms with Gasteiger partial charge in [0.25, 0.3) is 10.0 Å². The molecule has 0 atom stereocenters. The van der Waals surface area contributed by atoms with E-state index in [9.17, 15) is 13.3 Å². The summed E-state index contributed by atoms with van der Waals surface area (Å²) in [5.41, 5.74) is 0. The Morgan fingerprint density at radius 1 is 1.17 bits per heavy atom. The smallest absolute Gasteiger partial charge is 0.205 e. The van der Waals surface area contributed by atoms with Crippen molar-refractivity contribution in [3.63, 3.8) is 0 Å². The minimum Gasteiger partial charge on any atom is -0.205 e. The Morgan fingerprint density at radius 3 is 2.25 bits per heavy atom. The van der Waals surface area contributed by atoms with Crippen LogP contribution in [0.4, 0.5) is 0 Å². The molecule has 0 heterocycles. The number of nitrogens with zero attached hydrogens (tertiary/aromatic N) is 1. The van der Waals surface area contributed by atoms with Crippen LogP contribution in [0, 0.1) is 4.91 Å². The molecule has 1 rings (SSSR count). The summed E-state index contributed by atoms with van der Waals surface area (Å²) in [6, 6.07) is 0. The van der Waals surface area contributed by atoms with Crippen LogP contribution in [0.15, 0.2) is 5.29 Å². The number of sulfonamides is 1. The van der Waals surface area contributed by atoms with Crippen molar-refractivity contribution in [2.45, 2.75) is 37.4 Å². The second kappa shape index (κ2) is 3.84. The molecule has 70 valence electrons. The van der Waals surface area contributed by atoms with Gasteiger partial charge in [-0.15, -0.1) is 4.91 Å². The van der Waals surface area contributed by atoms with Gasteiger partial charge in [-0.2, -0.15) is 4.83 Å². The molecule has 0 unspecified atom stereocenters. The van der Waals surface area contributed by atoms with Crippen molar-refractivity contribution >= 4 is 10.0 Å². The lowest BCUT2D eigenvalue weighted by atomic mass is 10.0. The zero-order chi connectivity index (χ0) is 9.03. The minimum atomic E-state index is -3.46. The fourth-order valence-electron chi connectivity index (χ4n) is 1.50. The first-order chi connectivity index (χ1) is 5.67. The van der Waals surface area contributed by atoms with E-state index in [0.717, 1.165) is 19.3 Å². The highest BCUT2D eigenvalue weighted by molar-refractivity contribution is 7.90. The third-order valence-electron chi connectivity index (χ3n) is 2.16. The van der Waals surface area contributed by atoms with Crippen molar-refractivity contribution in [2.24, 2.45) is 5.29 Å². The van der Waals surface area contributed by atoms with Crippen molar-refractivity contribution < 1.29 is 8.42 Å². The molecule has 0 saturated heterocycles. The number of nitroso groups, excluding NO2 is 1. The third-order valence-corrected chi connectivity index (χ3v) is 3.83. The fraction of sp³-hybridized carbons (Fsp3) is 1.00. The van der Waals surface area contributed by atoms with Gasteiger partial charge >= 0.3 is 0 Å². The fourth-order valence-corrected chi connectivity index (χ4v) is 2.71. The van der Waals surface area contributed by atoms with E-state index in [2.05, 4.69) is 5.29 Å². The van der Waals surface area contributed by atoms with Gasteiger partial charge in [0.05, 0.1) is 10.5 Å². The SMILES string of the molecule is O=NNS(=O)(=O)C1CCCCC1. The van der Waals surface area contributed by atoms with Crippen molar-refractivity contribution in [3.8, 4) is 0 Å². The average Bonchev–Trinajstić information content (AvgIpc) is 2.06. The Bertz CT molecular complexity index is 244. The van der Waals surface area contributed by atoms with E-state index in [1.807, 2.05) is 0 Å². The molecule has 1 aliphatic carbocycles. The minimum absolute atomic E-state index is 0.413. The third kappa shape index (κ3) is 2.17. The van der Waals surface area contributed by atoms with Gasteiger partial charge in [0, 0.05) is 0 Å². The molecule has 0 spiro atoms. The molecule has 1 aliphatic rings. The maximum Gasteiger partial charge on any atom is 0.252 e. The lowest BCUT2D eigenvalue weighted by molar-refractivity contribution is 0.478. The quantitative estimate of drug-likeness (QED) is 0.533. The average molecular weight is 192 g/mol. The normalized spacial score (nSPS) is 20.3. The highest BCUT2D eigenvalue weighted by atomic mass is 32.2. The molecule has 1 saturated carbocycles. The predicted molar refractivity (Wildman–Crippen MR) is 44.7 cm³/mol. The van der Waals surface area contributed by atoms with Crippen LogP contribution in [0.5, 0.6) is 0 Å². The molecular weight excluding hydrogens is 180 g/mol. The van der Waals surface area contributed by atoms with Crippen molar-refractivity contribution in [2.75, 3.05) is 0 Å². The predicted octanol–water partition coefficient (Wildman–Crippen LogP) is 0.920. The Morgan fingerprint density at radius 2 is 1.75 bits per heavy atom. The van der Waals surface area contributed by atoms with Crippen molar-refractivity contribution in [1.82, 2.24) is 4.83 Å². The van der Waals surface area contributed by atoms with E-state index in [-0.39, 0.29) is 0 Å². The van der Waals surface area contributed by atoms with Crippen LogP contribution < -0.4 is 4.83 Å². The van der Waals surface area contributed by atoms with Gasteiger partial charge in [0.1, 0.15) is 0 Å². The van der Waals surface area contributed by atoms with Gasteiger partial charge < -0.3 is 0 Å². The van der Waals surface area contributed by atoms with Gasteiger partial charge in [-0.25, -0.2) is 8.42 Å². The van der Waals surface area contributed by atoms with Crippen LogP contribution in [-0.2, 0) is 10.0 Å². The van der Waals surface area contributed by atoms with Crippen LogP contribution in [0.25, 0.3) is 0 Å². The summed E-state index contributed by atoms with van der Waals surface area (Å²) < 4.78 is 22.4. The molecule has 1 N–H and O–H groups in total. The van der Waals surface area contributed by atoms with Gasteiger partial charge in [0.2, 0.25) is 0 Å². The second-order valence-corrected chi connectivity index (χ2v) is 4.93. The molecule has 0 bridgehead atoms. The molecule has 0 aromatic heterocycles. The Kier molecular flexibility index (Phi) is 3.02. The zero-order valence-corrected chi connectivity index (χ0v) is 7.51. The van der Waals surface area contributed by atoms with Crippen LogP contribution in [-0.4, -0.2) is 13.7 Å². The first kappa shape index (κ1) is 9.44. The maximum atomic E-state index is 11.2.